The van der Waals surface area contributed by atoms with Gasteiger partial charge in [-0.2, -0.15) is 0 Å². The van der Waals surface area contributed by atoms with Gasteiger partial charge in [0.1, 0.15) is 0 Å². The van der Waals surface area contributed by atoms with Crippen LogP contribution in [0.4, 0.5) is 0 Å². The summed E-state index contributed by atoms with van der Waals surface area (Å²) in [5.41, 5.74) is 0. The smallest absolute Gasteiger partial charge is 0.00724 e. The maximum atomic E-state index is 3.87. The third kappa shape index (κ3) is 5.14. The van der Waals surface area contributed by atoms with Gasteiger partial charge in [-0.25, -0.2) is 0 Å². The lowest BCUT2D eigenvalue weighted by molar-refractivity contribution is 0.344. The Labute approximate surface area is 113 Å². The minimum atomic E-state index is 0.754. The van der Waals surface area contributed by atoms with Crippen LogP contribution in [0.5, 0.6) is 0 Å². The lowest BCUT2D eigenvalue weighted by Gasteiger charge is -2.23. The third-order valence-electron chi connectivity index (χ3n) is 4.59. The summed E-state index contributed by atoms with van der Waals surface area (Å²) < 4.78 is 0. The van der Waals surface area contributed by atoms with Crippen molar-refractivity contribution in [1.82, 2.24) is 5.32 Å². The average molecular weight is 249 g/mol. The summed E-state index contributed by atoms with van der Waals surface area (Å²) in [7, 11) is 0. The maximum absolute atomic E-state index is 3.87. The molecule has 0 aromatic carbocycles. The number of nitrogens with one attached hydrogen (secondary N) is 1. The highest BCUT2D eigenvalue weighted by Crippen LogP contribution is 2.26. The highest BCUT2D eigenvalue weighted by atomic mass is 15.0. The van der Waals surface area contributed by atoms with E-state index in [-0.39, 0.29) is 0 Å². The van der Waals surface area contributed by atoms with Crippen molar-refractivity contribution in [1.29, 1.82) is 0 Å². The van der Waals surface area contributed by atoms with E-state index in [2.05, 4.69) is 38.2 Å². The van der Waals surface area contributed by atoms with Gasteiger partial charge in [-0.1, -0.05) is 39.3 Å². The van der Waals surface area contributed by atoms with Crippen molar-refractivity contribution in [3.63, 3.8) is 0 Å². The zero-order valence-electron chi connectivity index (χ0n) is 12.5. The fourth-order valence-corrected chi connectivity index (χ4v) is 3.04. The van der Waals surface area contributed by atoms with Crippen molar-refractivity contribution in [2.75, 3.05) is 0 Å². The normalized spacial score (nSPS) is 39.3. The van der Waals surface area contributed by atoms with Crippen LogP contribution >= 0.6 is 0 Å². The minimum absolute atomic E-state index is 0.754. The molecule has 0 bridgehead atoms. The molecule has 104 valence electrons. The van der Waals surface area contributed by atoms with Gasteiger partial charge >= 0.3 is 0 Å². The van der Waals surface area contributed by atoms with Crippen LogP contribution in [0.2, 0.25) is 0 Å². The molecule has 0 aromatic rings. The van der Waals surface area contributed by atoms with E-state index in [0.717, 1.165) is 29.8 Å². The van der Waals surface area contributed by atoms with Crippen molar-refractivity contribution in [2.24, 2.45) is 17.8 Å². The summed E-state index contributed by atoms with van der Waals surface area (Å²) in [6, 6.07) is 1.63. The predicted octanol–water partition coefficient (Wildman–Crippen LogP) is 4.54. The largest absolute Gasteiger partial charge is 0.311 e. The SMILES string of the molecule is CC1C=CC(C)CCC(NC2CC2)CC(C)CC1. The number of rotatable bonds is 2. The standard InChI is InChI=1S/C17H31N/c1-13-4-5-14(2)8-9-17(18-16-10-11-16)12-15(3)7-6-13/h4-5,13-18H,6-12H2,1-3H3. The summed E-state index contributed by atoms with van der Waals surface area (Å²) in [5, 5.41) is 3.87. The fourth-order valence-electron chi connectivity index (χ4n) is 3.04. The molecule has 0 aromatic heterocycles. The van der Waals surface area contributed by atoms with E-state index in [4.69, 9.17) is 0 Å². The monoisotopic (exact) mass is 249 g/mol. The van der Waals surface area contributed by atoms with Gasteiger partial charge in [0.25, 0.3) is 0 Å². The van der Waals surface area contributed by atoms with Crippen LogP contribution in [0, 0.1) is 17.8 Å². The van der Waals surface area contributed by atoms with Gasteiger partial charge in [-0.05, 0) is 56.3 Å². The summed E-state index contributed by atoms with van der Waals surface area (Å²) in [6.45, 7) is 7.19. The molecule has 0 amide bonds. The van der Waals surface area contributed by atoms with Crippen LogP contribution in [0.25, 0.3) is 0 Å². The van der Waals surface area contributed by atoms with E-state index < -0.39 is 0 Å². The molecule has 1 nitrogen and oxygen atoms in total. The first-order chi connectivity index (χ1) is 8.63. The maximum Gasteiger partial charge on any atom is 0.00724 e. The Morgan fingerprint density at radius 3 is 1.89 bits per heavy atom. The zero-order valence-corrected chi connectivity index (χ0v) is 12.5. The molecule has 4 unspecified atom stereocenters. The Morgan fingerprint density at radius 2 is 1.28 bits per heavy atom. The Bertz CT molecular complexity index is 267. The quantitative estimate of drug-likeness (QED) is 0.709. The molecule has 0 spiro atoms. The average Bonchev–Trinajstić information content (AvgIpc) is 3.13. The van der Waals surface area contributed by atoms with E-state index in [0.29, 0.717) is 0 Å². The van der Waals surface area contributed by atoms with Crippen molar-refractivity contribution in [3.8, 4) is 0 Å². The van der Waals surface area contributed by atoms with Gasteiger partial charge < -0.3 is 5.32 Å². The lowest BCUT2D eigenvalue weighted by atomic mass is 9.91. The third-order valence-corrected chi connectivity index (χ3v) is 4.59. The summed E-state index contributed by atoms with van der Waals surface area (Å²) >= 11 is 0. The van der Waals surface area contributed by atoms with Crippen molar-refractivity contribution in [3.05, 3.63) is 12.2 Å². The Morgan fingerprint density at radius 1 is 0.722 bits per heavy atom. The second kappa shape index (κ2) is 6.75. The molecular formula is C17H31N. The molecule has 0 heterocycles. The first kappa shape index (κ1) is 14.1. The molecule has 1 heteroatoms. The molecule has 2 aliphatic rings. The predicted molar refractivity (Wildman–Crippen MR) is 79.7 cm³/mol. The van der Waals surface area contributed by atoms with Gasteiger partial charge in [0.2, 0.25) is 0 Å². The molecule has 1 fully saturated rings. The van der Waals surface area contributed by atoms with E-state index in [1.54, 1.807) is 0 Å². The van der Waals surface area contributed by atoms with Crippen LogP contribution in [0.3, 0.4) is 0 Å². The summed E-state index contributed by atoms with van der Waals surface area (Å²) in [6.07, 6.45) is 14.6. The number of allylic oxidation sites excluding steroid dienone is 2. The highest BCUT2D eigenvalue weighted by Gasteiger charge is 2.25. The number of hydrogen-bond acceptors (Lipinski definition) is 1. The molecule has 0 radical (unpaired) electrons. The van der Waals surface area contributed by atoms with Gasteiger partial charge in [-0.3, -0.25) is 0 Å². The second-order valence-corrected chi connectivity index (χ2v) is 6.97. The van der Waals surface area contributed by atoms with Crippen LogP contribution in [0.1, 0.15) is 65.7 Å². The van der Waals surface area contributed by atoms with E-state index in [1.165, 1.54) is 44.9 Å². The molecule has 0 saturated heterocycles. The zero-order chi connectivity index (χ0) is 13.0. The van der Waals surface area contributed by atoms with Crippen LogP contribution in [0.15, 0.2) is 12.2 Å². The van der Waals surface area contributed by atoms with Gasteiger partial charge in [0.15, 0.2) is 0 Å². The number of hydrogen-bond donors (Lipinski definition) is 1. The topological polar surface area (TPSA) is 12.0 Å². The first-order valence-electron chi connectivity index (χ1n) is 8.08. The molecule has 0 aliphatic heterocycles. The highest BCUT2D eigenvalue weighted by molar-refractivity contribution is 4.92. The molecule has 1 N–H and O–H groups in total. The Kier molecular flexibility index (Phi) is 5.29. The molecule has 2 rings (SSSR count). The van der Waals surface area contributed by atoms with E-state index >= 15 is 0 Å². The van der Waals surface area contributed by atoms with Crippen molar-refractivity contribution >= 4 is 0 Å². The van der Waals surface area contributed by atoms with Crippen LogP contribution in [-0.4, -0.2) is 12.1 Å². The van der Waals surface area contributed by atoms with Gasteiger partial charge in [-0.15, -0.1) is 0 Å². The summed E-state index contributed by atoms with van der Waals surface area (Å²) in [4.78, 5) is 0. The molecule has 4 atom stereocenters. The lowest BCUT2D eigenvalue weighted by Crippen LogP contribution is -2.32. The van der Waals surface area contributed by atoms with Gasteiger partial charge in [0, 0.05) is 12.1 Å². The van der Waals surface area contributed by atoms with Gasteiger partial charge in [0.05, 0.1) is 0 Å². The van der Waals surface area contributed by atoms with E-state index in [1.807, 2.05) is 0 Å². The summed E-state index contributed by atoms with van der Waals surface area (Å²) in [5.74, 6) is 2.40. The Hall–Kier alpha value is -0.300. The Balaban J connectivity index is 1.90. The van der Waals surface area contributed by atoms with Crippen molar-refractivity contribution < 1.29 is 0 Å². The second-order valence-electron chi connectivity index (χ2n) is 6.97. The molecular weight excluding hydrogens is 218 g/mol. The van der Waals surface area contributed by atoms with Crippen molar-refractivity contribution in [2.45, 2.75) is 77.8 Å². The molecule has 2 aliphatic carbocycles. The first-order valence-corrected chi connectivity index (χ1v) is 8.08. The van der Waals surface area contributed by atoms with Crippen LogP contribution < -0.4 is 5.32 Å². The molecule has 18 heavy (non-hydrogen) atoms. The molecule has 1 saturated carbocycles. The minimum Gasteiger partial charge on any atom is -0.311 e. The van der Waals surface area contributed by atoms with E-state index in [9.17, 15) is 0 Å². The van der Waals surface area contributed by atoms with Crippen LogP contribution in [-0.2, 0) is 0 Å². The fraction of sp³-hybridized carbons (Fsp3) is 0.882.